The summed E-state index contributed by atoms with van der Waals surface area (Å²) in [4.78, 5) is 57.2. The summed E-state index contributed by atoms with van der Waals surface area (Å²) in [6.07, 6.45) is 2.81. The van der Waals surface area contributed by atoms with Crippen LogP contribution in [0.4, 0.5) is 0 Å². The molecule has 0 spiro atoms. The quantitative estimate of drug-likeness (QED) is 0.183. The second-order valence-corrected chi connectivity index (χ2v) is 11.5. The summed E-state index contributed by atoms with van der Waals surface area (Å²) in [7, 11) is 6.87. The minimum atomic E-state index is -1.03. The van der Waals surface area contributed by atoms with E-state index in [2.05, 4.69) is 4.42 Å². The minimum absolute atomic E-state index is 0.0231. The highest BCUT2D eigenvalue weighted by Crippen LogP contribution is 2.14. The van der Waals surface area contributed by atoms with E-state index < -0.39 is 17.9 Å². The van der Waals surface area contributed by atoms with Gasteiger partial charge in [0.15, 0.2) is 5.76 Å². The highest BCUT2D eigenvalue weighted by atomic mass is 32.1. The van der Waals surface area contributed by atoms with E-state index in [-0.39, 0.29) is 17.6 Å². The summed E-state index contributed by atoms with van der Waals surface area (Å²) in [6.45, 7) is 1.79. The molecule has 5 aromatic heterocycles. The number of carbonyl (C=O) groups is 5. The van der Waals surface area contributed by atoms with E-state index in [1.54, 1.807) is 81.1 Å². The molecule has 2 amide bonds. The Morgan fingerprint density at radius 3 is 1.36 bits per heavy atom. The average molecular weight is 677 g/mol. The van der Waals surface area contributed by atoms with E-state index in [9.17, 15) is 24.0 Å². The fraction of sp³-hybridized carbons (Fsp3) is 0.167. The van der Waals surface area contributed by atoms with Gasteiger partial charge in [0.2, 0.25) is 5.76 Å². The van der Waals surface area contributed by atoms with Crippen LogP contribution in [-0.2, 0) is 0 Å². The topological polar surface area (TPSA) is 179 Å². The summed E-state index contributed by atoms with van der Waals surface area (Å²) < 4.78 is 9.36. The number of amides is 2. The van der Waals surface area contributed by atoms with Crippen molar-refractivity contribution in [3.63, 3.8) is 0 Å². The zero-order chi connectivity index (χ0) is 33.9. The standard InChI is InChI=1S/C7H9NO2.C7H9NOS.C6H6O2S.C5H4O3.C5H4O2S/c2*1-8(2)7(9)6-4-3-5-10-6;1-4-2-3-9-5(4)6(7)8;2*6-5(7)4-2-1-3-8-4/h2*3-5H,1-2H3;2-3H,1H3,(H,7,8);2*1-3H,(H,6,7). The number of hydrogen-bond donors (Lipinski definition) is 3. The molecule has 0 bridgehead atoms. The van der Waals surface area contributed by atoms with Gasteiger partial charge in [0.1, 0.15) is 9.75 Å². The molecule has 15 heteroatoms. The van der Waals surface area contributed by atoms with E-state index in [0.29, 0.717) is 15.5 Å². The molecule has 240 valence electrons. The van der Waals surface area contributed by atoms with Gasteiger partial charge in [-0.05, 0) is 71.1 Å². The highest BCUT2D eigenvalue weighted by Gasteiger charge is 2.09. The molecule has 0 saturated carbocycles. The summed E-state index contributed by atoms with van der Waals surface area (Å²) in [6, 6.07) is 15.1. The Balaban J connectivity index is 0.000000282. The molecule has 0 saturated heterocycles. The molecular formula is C30H32N2O10S3. The summed E-state index contributed by atoms with van der Waals surface area (Å²) in [5.41, 5.74) is 0.840. The molecule has 12 nitrogen and oxygen atoms in total. The molecule has 5 aromatic rings. The molecular weight excluding hydrogens is 645 g/mol. The summed E-state index contributed by atoms with van der Waals surface area (Å²) in [5, 5.41) is 30.3. The van der Waals surface area contributed by atoms with Gasteiger partial charge in [-0.2, -0.15) is 0 Å². The SMILES string of the molecule is CN(C)C(=O)c1ccco1.CN(C)C(=O)c1cccs1.Cc1ccsc1C(=O)O.O=C(O)c1ccco1.O=C(O)c1cccs1. The van der Waals surface area contributed by atoms with Crippen LogP contribution in [0.5, 0.6) is 0 Å². The van der Waals surface area contributed by atoms with Gasteiger partial charge < -0.3 is 34.0 Å². The van der Waals surface area contributed by atoms with Crippen LogP contribution in [0.3, 0.4) is 0 Å². The predicted molar refractivity (Wildman–Crippen MR) is 172 cm³/mol. The first-order valence-electron chi connectivity index (χ1n) is 12.6. The maximum Gasteiger partial charge on any atom is 0.371 e. The van der Waals surface area contributed by atoms with E-state index in [0.717, 1.165) is 10.4 Å². The zero-order valence-corrected chi connectivity index (χ0v) is 27.4. The molecule has 0 aliphatic rings. The molecule has 3 N–H and O–H groups in total. The third kappa shape index (κ3) is 14.4. The molecule has 0 atom stereocenters. The van der Waals surface area contributed by atoms with E-state index >= 15 is 0 Å². The number of furan rings is 2. The number of aromatic carboxylic acids is 3. The van der Waals surface area contributed by atoms with Gasteiger partial charge >= 0.3 is 17.9 Å². The van der Waals surface area contributed by atoms with Crippen LogP contribution in [0.2, 0.25) is 0 Å². The number of thiophene rings is 3. The Morgan fingerprint density at radius 2 is 1.09 bits per heavy atom. The Bertz CT molecular complexity index is 1480. The van der Waals surface area contributed by atoms with Crippen molar-refractivity contribution in [2.45, 2.75) is 6.92 Å². The van der Waals surface area contributed by atoms with Gasteiger partial charge in [0.05, 0.1) is 17.4 Å². The smallest absolute Gasteiger partial charge is 0.371 e. The van der Waals surface area contributed by atoms with Crippen molar-refractivity contribution in [2.75, 3.05) is 28.2 Å². The lowest BCUT2D eigenvalue weighted by molar-refractivity contribution is 0.0658. The van der Waals surface area contributed by atoms with Gasteiger partial charge in [-0.25, -0.2) is 14.4 Å². The first-order valence-corrected chi connectivity index (χ1v) is 15.2. The number of aryl methyl sites for hydroxylation is 1. The van der Waals surface area contributed by atoms with Crippen LogP contribution in [0, 0.1) is 6.92 Å². The molecule has 0 aromatic carbocycles. The molecule has 0 radical (unpaired) electrons. The van der Waals surface area contributed by atoms with Gasteiger partial charge in [-0.1, -0.05) is 12.1 Å². The van der Waals surface area contributed by atoms with Crippen LogP contribution < -0.4 is 0 Å². The van der Waals surface area contributed by atoms with Crippen LogP contribution in [0.15, 0.2) is 92.1 Å². The Hall–Kier alpha value is -4.99. The highest BCUT2D eigenvalue weighted by molar-refractivity contribution is 7.12. The van der Waals surface area contributed by atoms with Gasteiger partial charge in [-0.15, -0.1) is 34.0 Å². The van der Waals surface area contributed by atoms with Crippen molar-refractivity contribution < 1.29 is 48.1 Å². The molecule has 0 aliphatic carbocycles. The average Bonchev–Trinajstić information content (AvgIpc) is 3.84. The largest absolute Gasteiger partial charge is 0.477 e. The lowest BCUT2D eigenvalue weighted by Crippen LogP contribution is -2.20. The van der Waals surface area contributed by atoms with Crippen molar-refractivity contribution in [3.8, 4) is 0 Å². The maximum absolute atomic E-state index is 11.1. The van der Waals surface area contributed by atoms with E-state index in [1.165, 1.54) is 63.6 Å². The molecule has 5 rings (SSSR count). The van der Waals surface area contributed by atoms with Crippen molar-refractivity contribution in [1.82, 2.24) is 9.80 Å². The summed E-state index contributed by atoms with van der Waals surface area (Å²) >= 11 is 3.96. The number of hydrogen-bond acceptors (Lipinski definition) is 10. The first kappa shape index (κ1) is 38.0. The number of rotatable bonds is 5. The third-order valence-electron chi connectivity index (χ3n) is 4.80. The van der Waals surface area contributed by atoms with Gasteiger partial charge in [0, 0.05) is 28.2 Å². The Labute approximate surface area is 271 Å². The molecule has 5 heterocycles. The maximum atomic E-state index is 11.1. The Morgan fingerprint density at radius 1 is 0.578 bits per heavy atom. The van der Waals surface area contributed by atoms with Crippen LogP contribution in [-0.4, -0.2) is 83.0 Å². The van der Waals surface area contributed by atoms with Crippen LogP contribution in [0.1, 0.15) is 55.7 Å². The number of carbonyl (C=O) groups excluding carboxylic acids is 2. The molecule has 45 heavy (non-hydrogen) atoms. The Kier molecular flexibility index (Phi) is 17.0. The first-order chi connectivity index (χ1) is 21.3. The second-order valence-electron chi connectivity index (χ2n) is 8.66. The lowest BCUT2D eigenvalue weighted by atomic mass is 10.3. The van der Waals surface area contributed by atoms with Crippen LogP contribution >= 0.6 is 34.0 Å². The van der Waals surface area contributed by atoms with E-state index in [1.807, 2.05) is 17.5 Å². The number of carboxylic acid groups (broad SMARTS) is 3. The lowest BCUT2D eigenvalue weighted by Gasteiger charge is -2.06. The van der Waals surface area contributed by atoms with Gasteiger partial charge in [0.25, 0.3) is 11.8 Å². The molecule has 0 unspecified atom stereocenters. The van der Waals surface area contributed by atoms with Crippen LogP contribution in [0.25, 0.3) is 0 Å². The van der Waals surface area contributed by atoms with Crippen molar-refractivity contribution in [2.24, 2.45) is 0 Å². The molecule has 0 fully saturated rings. The van der Waals surface area contributed by atoms with Crippen molar-refractivity contribution in [1.29, 1.82) is 0 Å². The zero-order valence-electron chi connectivity index (χ0n) is 24.9. The third-order valence-corrected chi connectivity index (χ3v) is 7.52. The van der Waals surface area contributed by atoms with Crippen molar-refractivity contribution in [3.05, 3.63) is 115 Å². The normalized spacial score (nSPS) is 9.27. The number of carboxylic acids is 3. The fourth-order valence-corrected chi connectivity index (χ4v) is 4.70. The predicted octanol–water partition coefficient (Wildman–Crippen LogP) is 6.61. The van der Waals surface area contributed by atoms with Gasteiger partial charge in [-0.3, -0.25) is 9.59 Å². The molecule has 0 aliphatic heterocycles. The fourth-order valence-electron chi connectivity index (χ4n) is 2.63. The minimum Gasteiger partial charge on any atom is -0.477 e. The van der Waals surface area contributed by atoms with E-state index in [4.69, 9.17) is 19.7 Å². The monoisotopic (exact) mass is 676 g/mol. The number of nitrogens with zero attached hydrogens (tertiary/aromatic N) is 2. The summed E-state index contributed by atoms with van der Waals surface area (Å²) in [5.74, 6) is -2.38. The second kappa shape index (κ2) is 20.1. The van der Waals surface area contributed by atoms with Crippen molar-refractivity contribution >= 4 is 63.7 Å².